The fraction of sp³-hybridized carbons (Fsp3) is 0.273. The van der Waals surface area contributed by atoms with Crippen molar-refractivity contribution >= 4 is 16.7 Å². The molecule has 33 heavy (non-hydrogen) atoms. The van der Waals surface area contributed by atoms with E-state index in [0.29, 0.717) is 29.7 Å². The molecule has 1 amide bonds. The number of carbonyl (C=O) groups excluding carboxylic acids is 1. The number of pyridine rings is 1. The molecule has 11 heteroatoms. The second-order valence-corrected chi connectivity index (χ2v) is 7.93. The lowest BCUT2D eigenvalue weighted by molar-refractivity contribution is -0.143. The van der Waals surface area contributed by atoms with Gasteiger partial charge in [-0.2, -0.15) is 23.4 Å². The zero-order valence-corrected chi connectivity index (χ0v) is 17.7. The van der Waals surface area contributed by atoms with E-state index in [9.17, 15) is 22.4 Å². The van der Waals surface area contributed by atoms with E-state index < -0.39 is 17.7 Å². The van der Waals surface area contributed by atoms with Crippen molar-refractivity contribution < 1.29 is 22.4 Å². The smallest absolute Gasteiger partial charge is 0.332 e. The second-order valence-electron chi connectivity index (χ2n) is 7.93. The first-order valence-corrected chi connectivity index (χ1v) is 10.1. The monoisotopic (exact) mass is 458 g/mol. The Morgan fingerprint density at radius 1 is 1.06 bits per heavy atom. The third kappa shape index (κ3) is 3.43. The van der Waals surface area contributed by atoms with Crippen LogP contribution in [0.2, 0.25) is 0 Å². The number of hydrogen-bond acceptors (Lipinski definition) is 4. The van der Waals surface area contributed by atoms with E-state index in [2.05, 4.69) is 15.2 Å². The molecular formula is C22H18F4N6O. The van der Waals surface area contributed by atoms with Crippen molar-refractivity contribution in [2.75, 3.05) is 6.54 Å². The van der Waals surface area contributed by atoms with Crippen LogP contribution in [0.4, 0.5) is 17.6 Å². The molecule has 7 nitrogen and oxygen atoms in total. The van der Waals surface area contributed by atoms with Gasteiger partial charge in [-0.3, -0.25) is 19.1 Å². The predicted octanol–water partition coefficient (Wildman–Crippen LogP) is 3.73. The fourth-order valence-electron chi connectivity index (χ4n) is 4.36. The second kappa shape index (κ2) is 7.39. The number of rotatable bonds is 2. The van der Waals surface area contributed by atoms with E-state index in [0.717, 1.165) is 16.3 Å². The summed E-state index contributed by atoms with van der Waals surface area (Å²) in [5, 5.41) is 9.22. The van der Waals surface area contributed by atoms with Gasteiger partial charge in [0, 0.05) is 49.4 Å². The van der Waals surface area contributed by atoms with E-state index in [4.69, 9.17) is 0 Å². The molecule has 1 aromatic carbocycles. The number of alkyl halides is 3. The van der Waals surface area contributed by atoms with Crippen molar-refractivity contribution in [2.45, 2.75) is 19.1 Å². The Hall–Kier alpha value is -3.76. The maximum atomic E-state index is 14.1. The van der Waals surface area contributed by atoms with Crippen molar-refractivity contribution in [1.29, 1.82) is 0 Å². The Balaban J connectivity index is 1.48. The fourth-order valence-corrected chi connectivity index (χ4v) is 4.36. The van der Waals surface area contributed by atoms with Gasteiger partial charge in [0.15, 0.2) is 0 Å². The van der Waals surface area contributed by atoms with Gasteiger partial charge in [-0.25, -0.2) is 4.39 Å². The van der Waals surface area contributed by atoms with Crippen LogP contribution in [0, 0.1) is 5.82 Å². The van der Waals surface area contributed by atoms with Crippen LogP contribution in [0.5, 0.6) is 0 Å². The topological polar surface area (TPSA) is 68.8 Å². The first kappa shape index (κ1) is 21.1. The lowest BCUT2D eigenvalue weighted by atomic mass is 10.0. The highest BCUT2D eigenvalue weighted by molar-refractivity contribution is 6.06. The van der Waals surface area contributed by atoms with E-state index in [1.165, 1.54) is 36.3 Å². The zero-order valence-electron chi connectivity index (χ0n) is 17.7. The van der Waals surface area contributed by atoms with Crippen molar-refractivity contribution in [3.63, 3.8) is 0 Å². The number of carbonyl (C=O) groups is 1. The Kier molecular flexibility index (Phi) is 4.73. The van der Waals surface area contributed by atoms with E-state index >= 15 is 0 Å². The van der Waals surface area contributed by atoms with E-state index in [1.807, 2.05) is 0 Å². The number of fused-ring (bicyclic) bond motifs is 2. The molecule has 0 saturated carbocycles. The SMILES string of the molecule is Cn1nc(-c2c3c(nn2C)CN(C(=O)c2cncc4c(F)cccc24)CC3)cc1C(F)(F)F. The minimum absolute atomic E-state index is 0.173. The van der Waals surface area contributed by atoms with Crippen molar-refractivity contribution in [3.05, 3.63) is 65.0 Å². The quantitative estimate of drug-likeness (QED) is 0.430. The number of amides is 1. The van der Waals surface area contributed by atoms with Gasteiger partial charge in [-0.05, 0) is 18.6 Å². The van der Waals surface area contributed by atoms with Gasteiger partial charge in [-0.1, -0.05) is 12.1 Å². The summed E-state index contributed by atoms with van der Waals surface area (Å²) in [6, 6.07) is 5.52. The molecule has 5 rings (SSSR count). The summed E-state index contributed by atoms with van der Waals surface area (Å²) in [6.45, 7) is 0.502. The van der Waals surface area contributed by atoms with Gasteiger partial charge in [-0.15, -0.1) is 0 Å². The van der Waals surface area contributed by atoms with Crippen LogP contribution in [0.1, 0.15) is 27.3 Å². The van der Waals surface area contributed by atoms with Gasteiger partial charge in [0.1, 0.15) is 17.2 Å². The Morgan fingerprint density at radius 2 is 1.85 bits per heavy atom. The highest BCUT2D eigenvalue weighted by Crippen LogP contribution is 2.35. The van der Waals surface area contributed by atoms with Crippen LogP contribution >= 0.6 is 0 Å². The van der Waals surface area contributed by atoms with Gasteiger partial charge >= 0.3 is 6.18 Å². The van der Waals surface area contributed by atoms with Crippen LogP contribution in [0.15, 0.2) is 36.7 Å². The molecule has 0 aliphatic carbocycles. The van der Waals surface area contributed by atoms with Crippen LogP contribution < -0.4 is 0 Å². The third-order valence-corrected chi connectivity index (χ3v) is 5.88. The summed E-state index contributed by atoms with van der Waals surface area (Å²) < 4.78 is 56.1. The van der Waals surface area contributed by atoms with Crippen molar-refractivity contribution in [3.8, 4) is 11.4 Å². The molecule has 0 bridgehead atoms. The summed E-state index contributed by atoms with van der Waals surface area (Å²) in [6.07, 6.45) is -1.33. The number of aromatic nitrogens is 5. The summed E-state index contributed by atoms with van der Waals surface area (Å²) in [5.41, 5.74) is 1.45. The number of nitrogens with zero attached hydrogens (tertiary/aromatic N) is 6. The van der Waals surface area contributed by atoms with E-state index in [-0.39, 0.29) is 29.1 Å². The van der Waals surface area contributed by atoms with Gasteiger partial charge in [0.2, 0.25) is 0 Å². The largest absolute Gasteiger partial charge is 0.433 e. The highest BCUT2D eigenvalue weighted by Gasteiger charge is 2.36. The average molecular weight is 458 g/mol. The van der Waals surface area contributed by atoms with Crippen molar-refractivity contribution in [1.82, 2.24) is 29.4 Å². The maximum absolute atomic E-state index is 14.1. The molecule has 0 unspecified atom stereocenters. The van der Waals surface area contributed by atoms with Crippen LogP contribution in [-0.2, 0) is 33.2 Å². The van der Waals surface area contributed by atoms with Gasteiger partial charge in [0.25, 0.3) is 5.91 Å². The molecule has 3 aromatic heterocycles. The minimum Gasteiger partial charge on any atom is -0.332 e. The molecule has 1 aliphatic rings. The molecule has 170 valence electrons. The molecule has 0 fully saturated rings. The number of hydrogen-bond donors (Lipinski definition) is 0. The molecule has 0 atom stereocenters. The van der Waals surface area contributed by atoms with Gasteiger partial charge in [0.05, 0.1) is 23.5 Å². The Bertz CT molecular complexity index is 1400. The predicted molar refractivity (Wildman–Crippen MR) is 111 cm³/mol. The molecule has 1 aliphatic heterocycles. The molecule has 4 aromatic rings. The first-order valence-electron chi connectivity index (χ1n) is 10.1. The number of halogens is 4. The Labute approximate surface area is 185 Å². The molecule has 0 radical (unpaired) electrons. The normalized spacial score (nSPS) is 14.1. The summed E-state index contributed by atoms with van der Waals surface area (Å²) >= 11 is 0. The molecular weight excluding hydrogens is 440 g/mol. The molecule has 0 N–H and O–H groups in total. The number of benzene rings is 1. The molecule has 0 spiro atoms. The lowest BCUT2D eigenvalue weighted by Gasteiger charge is -2.27. The summed E-state index contributed by atoms with van der Waals surface area (Å²) in [4.78, 5) is 18.8. The van der Waals surface area contributed by atoms with Crippen LogP contribution in [-0.4, -0.2) is 41.9 Å². The van der Waals surface area contributed by atoms with E-state index in [1.54, 1.807) is 18.0 Å². The van der Waals surface area contributed by atoms with Crippen LogP contribution in [0.25, 0.3) is 22.2 Å². The minimum atomic E-state index is -4.52. The van der Waals surface area contributed by atoms with Crippen molar-refractivity contribution in [2.24, 2.45) is 14.1 Å². The van der Waals surface area contributed by atoms with Gasteiger partial charge < -0.3 is 4.90 Å². The number of aryl methyl sites for hydroxylation is 2. The summed E-state index contributed by atoms with van der Waals surface area (Å²) in [7, 11) is 2.88. The molecule has 0 saturated heterocycles. The Morgan fingerprint density at radius 3 is 2.58 bits per heavy atom. The maximum Gasteiger partial charge on any atom is 0.433 e. The lowest BCUT2D eigenvalue weighted by Crippen LogP contribution is -2.36. The summed E-state index contributed by atoms with van der Waals surface area (Å²) in [5.74, 6) is -0.771. The average Bonchev–Trinajstić information content (AvgIpc) is 3.31. The first-order chi connectivity index (χ1) is 15.6. The van der Waals surface area contributed by atoms with Crippen LogP contribution in [0.3, 0.4) is 0 Å². The highest BCUT2D eigenvalue weighted by atomic mass is 19.4. The molecule has 4 heterocycles. The zero-order chi connectivity index (χ0) is 23.5. The third-order valence-electron chi connectivity index (χ3n) is 5.88. The standard InChI is InChI=1S/C22H18F4N6O/c1-30-19(22(24,25)26)8-17(28-30)20-13-6-7-32(11-18(13)29-31(20)2)21(33)15-10-27-9-14-12(15)4-3-5-16(14)23/h3-5,8-10H,6-7,11H2,1-2H3.